The average Bonchev–Trinajstić information content (AvgIpc) is 2.82. The SMILES string of the molecule is Cc1c(COc2cc(OCCBr)c(C=O)cc2Cl)cccc1-c1ccc2c(c1)OCCO2. The number of alkyl halides is 1. The highest BCUT2D eigenvalue weighted by Gasteiger charge is 2.15. The number of halogens is 2. The second kappa shape index (κ2) is 10.3. The zero-order valence-corrected chi connectivity index (χ0v) is 19.9. The normalized spacial score (nSPS) is 12.3. The fraction of sp³-hybridized carbons (Fsp3) is 0.240. The highest BCUT2D eigenvalue weighted by atomic mass is 79.9. The molecule has 7 heteroatoms. The summed E-state index contributed by atoms with van der Waals surface area (Å²) in [6, 6.07) is 15.3. The lowest BCUT2D eigenvalue weighted by molar-refractivity contribution is 0.112. The maximum absolute atomic E-state index is 11.3. The lowest BCUT2D eigenvalue weighted by Crippen LogP contribution is -2.15. The molecule has 1 aliphatic rings. The van der Waals surface area contributed by atoms with E-state index in [1.807, 2.05) is 30.3 Å². The maximum atomic E-state index is 11.3. The Kier molecular flexibility index (Phi) is 7.22. The van der Waals surface area contributed by atoms with Crippen LogP contribution in [0, 0.1) is 6.92 Å². The Bertz CT molecular complexity index is 1130. The number of benzene rings is 3. The molecule has 0 N–H and O–H groups in total. The molecule has 0 aliphatic carbocycles. The first kappa shape index (κ1) is 22.5. The largest absolute Gasteiger partial charge is 0.492 e. The van der Waals surface area contributed by atoms with E-state index in [0.29, 0.717) is 53.8 Å². The van der Waals surface area contributed by atoms with Gasteiger partial charge in [0.25, 0.3) is 0 Å². The molecule has 0 saturated carbocycles. The summed E-state index contributed by atoms with van der Waals surface area (Å²) >= 11 is 9.66. The summed E-state index contributed by atoms with van der Waals surface area (Å²) in [4.78, 5) is 11.3. The van der Waals surface area contributed by atoms with Crippen LogP contribution in [0.25, 0.3) is 11.1 Å². The van der Waals surface area contributed by atoms with Gasteiger partial charge in [-0.1, -0.05) is 51.8 Å². The predicted molar refractivity (Wildman–Crippen MR) is 128 cm³/mol. The Balaban J connectivity index is 1.57. The topological polar surface area (TPSA) is 54.0 Å². The molecule has 0 unspecified atom stereocenters. The van der Waals surface area contributed by atoms with Crippen molar-refractivity contribution < 1.29 is 23.7 Å². The van der Waals surface area contributed by atoms with E-state index in [0.717, 1.165) is 40.0 Å². The van der Waals surface area contributed by atoms with E-state index in [1.54, 1.807) is 12.1 Å². The molecule has 1 heterocycles. The fourth-order valence-electron chi connectivity index (χ4n) is 3.55. The van der Waals surface area contributed by atoms with Crippen LogP contribution in [0.2, 0.25) is 5.02 Å². The number of carbonyl (C=O) groups excluding carboxylic acids is 1. The molecule has 3 aromatic carbocycles. The molecule has 4 rings (SSSR count). The number of carbonyl (C=O) groups is 1. The summed E-state index contributed by atoms with van der Waals surface area (Å²) in [7, 11) is 0. The van der Waals surface area contributed by atoms with Crippen molar-refractivity contribution in [3.63, 3.8) is 0 Å². The molecule has 0 aromatic heterocycles. The number of fused-ring (bicyclic) bond motifs is 1. The van der Waals surface area contributed by atoms with Crippen LogP contribution in [0.5, 0.6) is 23.0 Å². The van der Waals surface area contributed by atoms with Gasteiger partial charge in [-0.25, -0.2) is 0 Å². The van der Waals surface area contributed by atoms with Crippen LogP contribution < -0.4 is 18.9 Å². The molecule has 0 amide bonds. The van der Waals surface area contributed by atoms with Gasteiger partial charge in [0, 0.05) is 11.4 Å². The predicted octanol–water partition coefficient (Wildman–Crippen LogP) is 6.25. The molecular weight excluding hydrogens is 496 g/mol. The van der Waals surface area contributed by atoms with Crippen LogP contribution in [0.1, 0.15) is 21.5 Å². The van der Waals surface area contributed by atoms with Gasteiger partial charge in [-0.2, -0.15) is 0 Å². The molecule has 0 atom stereocenters. The molecule has 166 valence electrons. The Morgan fingerprint density at radius 2 is 1.84 bits per heavy atom. The van der Waals surface area contributed by atoms with Crippen LogP contribution in [0.4, 0.5) is 0 Å². The Hall–Kier alpha value is -2.70. The minimum atomic E-state index is 0.322. The van der Waals surface area contributed by atoms with Gasteiger partial charge in [-0.3, -0.25) is 4.79 Å². The zero-order chi connectivity index (χ0) is 22.5. The first-order valence-electron chi connectivity index (χ1n) is 10.2. The van der Waals surface area contributed by atoms with Crippen molar-refractivity contribution in [3.8, 4) is 34.1 Å². The van der Waals surface area contributed by atoms with Crippen molar-refractivity contribution in [2.24, 2.45) is 0 Å². The number of hydrogen-bond acceptors (Lipinski definition) is 5. The molecule has 3 aromatic rings. The summed E-state index contributed by atoms with van der Waals surface area (Å²) in [5.74, 6) is 2.43. The van der Waals surface area contributed by atoms with E-state index in [4.69, 9.17) is 30.5 Å². The minimum Gasteiger partial charge on any atom is -0.492 e. The molecule has 0 spiro atoms. The van der Waals surface area contributed by atoms with Gasteiger partial charge in [0.1, 0.15) is 31.3 Å². The lowest BCUT2D eigenvalue weighted by atomic mass is 9.96. The second-order valence-corrected chi connectivity index (χ2v) is 8.41. The quantitative estimate of drug-likeness (QED) is 0.261. The van der Waals surface area contributed by atoms with Crippen molar-refractivity contribution in [1.29, 1.82) is 0 Å². The minimum absolute atomic E-state index is 0.322. The molecule has 5 nitrogen and oxygen atoms in total. The maximum Gasteiger partial charge on any atom is 0.161 e. The number of hydrogen-bond donors (Lipinski definition) is 0. The molecule has 0 saturated heterocycles. The van der Waals surface area contributed by atoms with Crippen LogP contribution in [0.3, 0.4) is 0 Å². The summed E-state index contributed by atoms with van der Waals surface area (Å²) < 4.78 is 23.0. The van der Waals surface area contributed by atoms with Crippen LogP contribution in [0.15, 0.2) is 48.5 Å². The van der Waals surface area contributed by atoms with E-state index in [1.165, 1.54) is 0 Å². The summed E-state index contributed by atoms with van der Waals surface area (Å²) in [6.07, 6.45) is 0.722. The van der Waals surface area contributed by atoms with E-state index in [9.17, 15) is 4.79 Å². The molecule has 0 radical (unpaired) electrons. The van der Waals surface area contributed by atoms with Gasteiger partial charge in [-0.05, 0) is 47.4 Å². The highest BCUT2D eigenvalue weighted by molar-refractivity contribution is 9.09. The van der Waals surface area contributed by atoms with Crippen molar-refractivity contribution in [3.05, 3.63) is 70.2 Å². The standard InChI is InChI=1S/C25H22BrClO5/c1-16-18(15-32-24-13-23(29-8-7-26)19(14-28)11-21(24)27)3-2-4-20(16)17-5-6-22-25(12-17)31-10-9-30-22/h2-6,11-14H,7-10,15H2,1H3. The third kappa shape index (κ3) is 4.87. The summed E-state index contributed by atoms with van der Waals surface area (Å²) in [5, 5.41) is 1.01. The molecule has 1 aliphatic heterocycles. The van der Waals surface area contributed by atoms with Gasteiger partial charge in [0.05, 0.1) is 17.2 Å². The van der Waals surface area contributed by atoms with E-state index in [-0.39, 0.29) is 0 Å². The molecule has 0 fully saturated rings. The highest BCUT2D eigenvalue weighted by Crippen LogP contribution is 2.37. The monoisotopic (exact) mass is 516 g/mol. The van der Waals surface area contributed by atoms with Crippen molar-refractivity contribution in [2.75, 3.05) is 25.2 Å². The van der Waals surface area contributed by atoms with Crippen molar-refractivity contribution >= 4 is 33.8 Å². The lowest BCUT2D eigenvalue weighted by Gasteiger charge is -2.20. The Morgan fingerprint density at radius 1 is 1.03 bits per heavy atom. The first-order valence-corrected chi connectivity index (χ1v) is 11.7. The van der Waals surface area contributed by atoms with Gasteiger partial charge in [0.2, 0.25) is 0 Å². The van der Waals surface area contributed by atoms with Crippen molar-refractivity contribution in [1.82, 2.24) is 0 Å². The molecule has 0 bridgehead atoms. The smallest absolute Gasteiger partial charge is 0.161 e. The van der Waals surface area contributed by atoms with E-state index in [2.05, 4.69) is 28.9 Å². The van der Waals surface area contributed by atoms with Crippen molar-refractivity contribution in [2.45, 2.75) is 13.5 Å². The number of rotatable bonds is 8. The number of ether oxygens (including phenoxy) is 4. The third-order valence-electron chi connectivity index (χ3n) is 5.21. The summed E-state index contributed by atoms with van der Waals surface area (Å²) in [5.41, 5.74) is 4.65. The second-order valence-electron chi connectivity index (χ2n) is 7.21. The van der Waals surface area contributed by atoms with Crippen LogP contribution in [-0.4, -0.2) is 31.4 Å². The van der Waals surface area contributed by atoms with Gasteiger partial charge >= 0.3 is 0 Å². The molecule has 32 heavy (non-hydrogen) atoms. The zero-order valence-electron chi connectivity index (χ0n) is 17.5. The van der Waals surface area contributed by atoms with Crippen LogP contribution in [-0.2, 0) is 6.61 Å². The number of aldehydes is 1. The fourth-order valence-corrected chi connectivity index (χ4v) is 3.93. The average molecular weight is 518 g/mol. The van der Waals surface area contributed by atoms with Gasteiger partial charge < -0.3 is 18.9 Å². The first-order chi connectivity index (χ1) is 15.6. The Morgan fingerprint density at radius 3 is 2.62 bits per heavy atom. The third-order valence-corrected chi connectivity index (χ3v) is 5.83. The Labute approximate surface area is 200 Å². The molecular formula is C25H22BrClO5. The van der Waals surface area contributed by atoms with Gasteiger partial charge in [-0.15, -0.1) is 0 Å². The van der Waals surface area contributed by atoms with Crippen LogP contribution >= 0.6 is 27.5 Å². The van der Waals surface area contributed by atoms with Gasteiger partial charge in [0.15, 0.2) is 17.8 Å². The summed E-state index contributed by atoms with van der Waals surface area (Å²) in [6.45, 7) is 3.93. The van der Waals surface area contributed by atoms with E-state index >= 15 is 0 Å². The van der Waals surface area contributed by atoms with E-state index < -0.39 is 0 Å².